The van der Waals surface area contributed by atoms with E-state index in [2.05, 4.69) is 77.8 Å². The minimum Gasteiger partial charge on any atom is -0.339 e. The molecule has 1 aliphatic heterocycles. The van der Waals surface area contributed by atoms with Crippen LogP contribution in [0.25, 0.3) is 27.3 Å². The smallest absolute Gasteiger partial charge is 0.213 e. The summed E-state index contributed by atoms with van der Waals surface area (Å²) in [6.45, 7) is 6.17. The molecule has 8 heteroatoms. The minimum absolute atomic E-state index is 0.429. The molecule has 31 heavy (non-hydrogen) atoms. The summed E-state index contributed by atoms with van der Waals surface area (Å²) >= 11 is 3.45. The zero-order valence-corrected chi connectivity index (χ0v) is 18.8. The van der Waals surface area contributed by atoms with Crippen LogP contribution >= 0.6 is 22.7 Å². The fourth-order valence-electron chi connectivity index (χ4n) is 4.37. The average Bonchev–Trinajstić information content (AvgIpc) is 3.56. The molecule has 0 N–H and O–H groups in total. The SMILES string of the molecule is C[C@H]1CN(c2nc3ccccc3c3nnc(-c4cccs4)n23)CCN1Cc1ccsc1. The maximum Gasteiger partial charge on any atom is 0.213 e. The van der Waals surface area contributed by atoms with Crippen LogP contribution in [0, 0.1) is 0 Å². The van der Waals surface area contributed by atoms with E-state index in [1.807, 2.05) is 12.1 Å². The summed E-state index contributed by atoms with van der Waals surface area (Å²) in [5.74, 6) is 1.80. The number of para-hydroxylation sites is 1. The number of benzene rings is 1. The molecule has 1 atom stereocenters. The van der Waals surface area contributed by atoms with Crippen LogP contribution in [0.5, 0.6) is 0 Å². The van der Waals surface area contributed by atoms with E-state index in [9.17, 15) is 0 Å². The first-order valence-corrected chi connectivity index (χ1v) is 12.3. The third kappa shape index (κ3) is 3.31. The second-order valence-electron chi connectivity index (χ2n) is 7.99. The van der Waals surface area contributed by atoms with Gasteiger partial charge in [0.25, 0.3) is 0 Å². The van der Waals surface area contributed by atoms with Crippen molar-refractivity contribution >= 4 is 45.2 Å². The molecule has 5 aromatic rings. The average molecular weight is 447 g/mol. The maximum absolute atomic E-state index is 5.10. The zero-order chi connectivity index (χ0) is 20.8. The van der Waals surface area contributed by atoms with E-state index in [1.54, 1.807) is 22.7 Å². The molecule has 0 bridgehead atoms. The van der Waals surface area contributed by atoms with Crippen LogP contribution in [-0.2, 0) is 6.54 Å². The van der Waals surface area contributed by atoms with E-state index in [-0.39, 0.29) is 0 Å². The van der Waals surface area contributed by atoms with E-state index in [0.29, 0.717) is 6.04 Å². The molecule has 0 unspecified atom stereocenters. The highest BCUT2D eigenvalue weighted by Crippen LogP contribution is 2.31. The Morgan fingerprint density at radius 1 is 1.03 bits per heavy atom. The molecule has 4 aromatic heterocycles. The molecule has 1 saturated heterocycles. The van der Waals surface area contributed by atoms with Gasteiger partial charge in [-0.3, -0.25) is 4.90 Å². The lowest BCUT2D eigenvalue weighted by atomic mass is 10.1. The van der Waals surface area contributed by atoms with Gasteiger partial charge in [-0.15, -0.1) is 21.5 Å². The Morgan fingerprint density at radius 3 is 2.77 bits per heavy atom. The van der Waals surface area contributed by atoms with Gasteiger partial charge in [-0.2, -0.15) is 11.3 Å². The van der Waals surface area contributed by atoms with Crippen LogP contribution in [-0.4, -0.2) is 50.2 Å². The first kappa shape index (κ1) is 18.9. The van der Waals surface area contributed by atoms with E-state index < -0.39 is 0 Å². The van der Waals surface area contributed by atoms with E-state index >= 15 is 0 Å². The van der Waals surface area contributed by atoms with Gasteiger partial charge in [-0.25, -0.2) is 9.38 Å². The lowest BCUT2D eigenvalue weighted by Crippen LogP contribution is -2.52. The number of thiophene rings is 2. The summed E-state index contributed by atoms with van der Waals surface area (Å²) in [5.41, 5.74) is 3.23. The molecule has 0 aliphatic carbocycles. The van der Waals surface area contributed by atoms with Gasteiger partial charge >= 0.3 is 0 Å². The lowest BCUT2D eigenvalue weighted by molar-refractivity contribution is 0.180. The van der Waals surface area contributed by atoms with Crippen molar-refractivity contribution in [2.75, 3.05) is 24.5 Å². The van der Waals surface area contributed by atoms with Crippen molar-refractivity contribution in [3.63, 3.8) is 0 Å². The van der Waals surface area contributed by atoms with Crippen molar-refractivity contribution in [2.45, 2.75) is 19.5 Å². The van der Waals surface area contributed by atoms with Crippen LogP contribution in [0.4, 0.5) is 5.95 Å². The highest BCUT2D eigenvalue weighted by Gasteiger charge is 2.28. The number of hydrogen-bond donors (Lipinski definition) is 0. The molecule has 156 valence electrons. The third-order valence-corrected chi connectivity index (χ3v) is 7.58. The molecular weight excluding hydrogens is 424 g/mol. The fourth-order valence-corrected chi connectivity index (χ4v) is 5.73. The number of fused-ring (bicyclic) bond motifs is 3. The Hall–Kier alpha value is -2.81. The molecular formula is C23H22N6S2. The monoisotopic (exact) mass is 446 g/mol. The largest absolute Gasteiger partial charge is 0.339 e. The predicted octanol–water partition coefficient (Wildman–Crippen LogP) is 4.78. The van der Waals surface area contributed by atoms with Gasteiger partial charge in [-0.1, -0.05) is 18.2 Å². The van der Waals surface area contributed by atoms with Crippen molar-refractivity contribution in [1.82, 2.24) is 24.5 Å². The first-order valence-electron chi connectivity index (χ1n) is 10.5. The van der Waals surface area contributed by atoms with Crippen LogP contribution in [0.15, 0.2) is 58.6 Å². The number of aromatic nitrogens is 4. The first-order chi connectivity index (χ1) is 15.3. The molecule has 0 radical (unpaired) electrons. The Morgan fingerprint density at radius 2 is 1.97 bits per heavy atom. The number of anilines is 1. The van der Waals surface area contributed by atoms with Gasteiger partial charge in [0, 0.05) is 37.6 Å². The van der Waals surface area contributed by atoms with Crippen molar-refractivity contribution < 1.29 is 0 Å². The lowest BCUT2D eigenvalue weighted by Gasteiger charge is -2.40. The molecule has 1 aromatic carbocycles. The number of hydrogen-bond acceptors (Lipinski definition) is 7. The number of rotatable bonds is 4. The topological polar surface area (TPSA) is 49.6 Å². The standard InChI is InChI=1S/C23H22N6S2/c1-16-13-28(10-9-27(16)14-17-8-12-30-15-17)23-24-19-6-3-2-5-18(19)21-25-26-22(29(21)23)20-7-4-11-31-20/h2-8,11-12,15-16H,9-10,13-14H2,1H3/t16-/m0/s1. The molecule has 5 heterocycles. The molecule has 1 fully saturated rings. The number of nitrogens with zero attached hydrogens (tertiary/aromatic N) is 6. The maximum atomic E-state index is 5.10. The Labute approximate surface area is 188 Å². The highest BCUT2D eigenvalue weighted by molar-refractivity contribution is 7.13. The van der Waals surface area contributed by atoms with Crippen LogP contribution < -0.4 is 4.90 Å². The molecule has 0 amide bonds. The van der Waals surface area contributed by atoms with Crippen molar-refractivity contribution in [3.05, 3.63) is 64.2 Å². The molecule has 0 spiro atoms. The quantitative estimate of drug-likeness (QED) is 0.398. The second-order valence-corrected chi connectivity index (χ2v) is 9.71. The third-order valence-electron chi connectivity index (χ3n) is 5.98. The summed E-state index contributed by atoms with van der Waals surface area (Å²) in [6.07, 6.45) is 0. The normalized spacial score (nSPS) is 17.7. The van der Waals surface area contributed by atoms with Crippen LogP contribution in [0.2, 0.25) is 0 Å². The van der Waals surface area contributed by atoms with Crippen molar-refractivity contribution in [3.8, 4) is 10.7 Å². The fraction of sp³-hybridized carbons (Fsp3) is 0.261. The van der Waals surface area contributed by atoms with Gasteiger partial charge in [0.05, 0.1) is 10.4 Å². The van der Waals surface area contributed by atoms with Gasteiger partial charge in [0.15, 0.2) is 11.5 Å². The zero-order valence-electron chi connectivity index (χ0n) is 17.2. The number of piperazine rings is 1. The summed E-state index contributed by atoms with van der Waals surface area (Å²) in [6, 6.07) is 15.0. The molecule has 1 aliphatic rings. The molecule has 0 saturated carbocycles. The van der Waals surface area contributed by atoms with Gasteiger partial charge in [0.1, 0.15) is 0 Å². The Bertz CT molecular complexity index is 1330. The van der Waals surface area contributed by atoms with Gasteiger partial charge in [0.2, 0.25) is 5.95 Å². The van der Waals surface area contributed by atoms with E-state index in [0.717, 1.165) is 59.4 Å². The van der Waals surface area contributed by atoms with E-state index in [4.69, 9.17) is 4.98 Å². The van der Waals surface area contributed by atoms with E-state index in [1.165, 1.54) is 5.56 Å². The summed E-state index contributed by atoms with van der Waals surface area (Å²) < 4.78 is 2.15. The highest BCUT2D eigenvalue weighted by atomic mass is 32.1. The Kier molecular flexibility index (Phi) is 4.70. The van der Waals surface area contributed by atoms with Gasteiger partial charge < -0.3 is 4.90 Å². The van der Waals surface area contributed by atoms with Crippen LogP contribution in [0.1, 0.15) is 12.5 Å². The van der Waals surface area contributed by atoms with Crippen molar-refractivity contribution in [1.29, 1.82) is 0 Å². The molecule has 6 rings (SSSR count). The second kappa shape index (κ2) is 7.71. The van der Waals surface area contributed by atoms with Crippen LogP contribution in [0.3, 0.4) is 0 Å². The minimum atomic E-state index is 0.429. The summed E-state index contributed by atoms with van der Waals surface area (Å²) in [4.78, 5) is 11.2. The Balaban J connectivity index is 1.42. The van der Waals surface area contributed by atoms with Gasteiger partial charge in [-0.05, 0) is 52.9 Å². The van der Waals surface area contributed by atoms with Crippen molar-refractivity contribution in [2.24, 2.45) is 0 Å². The summed E-state index contributed by atoms with van der Waals surface area (Å²) in [7, 11) is 0. The molecule has 6 nitrogen and oxygen atoms in total. The predicted molar refractivity (Wildman–Crippen MR) is 128 cm³/mol. The summed E-state index contributed by atoms with van der Waals surface area (Å²) in [5, 5.41) is 16.7.